The van der Waals surface area contributed by atoms with Crippen LogP contribution in [0.25, 0.3) is 0 Å². The van der Waals surface area contributed by atoms with Gasteiger partial charge in [0.2, 0.25) is 5.91 Å². The lowest BCUT2D eigenvalue weighted by atomic mass is 9.68. The van der Waals surface area contributed by atoms with E-state index in [9.17, 15) is 4.79 Å². The molecule has 1 amide bonds. The van der Waals surface area contributed by atoms with E-state index in [1.165, 1.54) is 12.8 Å². The Labute approximate surface area is 124 Å². The van der Waals surface area contributed by atoms with Gasteiger partial charge in [-0.2, -0.15) is 0 Å². The maximum atomic E-state index is 11.7. The van der Waals surface area contributed by atoms with E-state index in [2.05, 4.69) is 31.0 Å². The number of likely N-dealkylation sites (N-methyl/N-ethyl adjacent to an activating group) is 1. The Balaban J connectivity index is 2.48. The maximum absolute atomic E-state index is 11.7. The van der Waals surface area contributed by atoms with Gasteiger partial charge in [-0.1, -0.05) is 20.8 Å². The quantitative estimate of drug-likeness (QED) is 0.782. The zero-order chi connectivity index (χ0) is 15.3. The van der Waals surface area contributed by atoms with Crippen molar-refractivity contribution < 1.29 is 4.79 Å². The van der Waals surface area contributed by atoms with E-state index >= 15 is 0 Å². The summed E-state index contributed by atoms with van der Waals surface area (Å²) in [4.78, 5) is 13.8. The van der Waals surface area contributed by atoms with E-state index in [0.717, 1.165) is 31.8 Å². The lowest BCUT2D eigenvalue weighted by molar-refractivity contribution is -0.121. The van der Waals surface area contributed by atoms with Crippen molar-refractivity contribution in [3.8, 4) is 0 Å². The number of nitrogens with one attached hydrogen (secondary N) is 1. The van der Waals surface area contributed by atoms with E-state index in [-0.39, 0.29) is 11.9 Å². The molecule has 0 spiro atoms. The van der Waals surface area contributed by atoms with Crippen LogP contribution in [0.1, 0.15) is 46.5 Å². The number of primary amides is 1. The van der Waals surface area contributed by atoms with Gasteiger partial charge < -0.3 is 16.0 Å². The first-order valence-electron chi connectivity index (χ1n) is 7.89. The van der Waals surface area contributed by atoms with Crippen LogP contribution in [-0.4, -0.2) is 44.0 Å². The van der Waals surface area contributed by atoms with Crippen molar-refractivity contribution in [2.24, 2.45) is 23.0 Å². The fraction of sp³-hybridized carbons (Fsp3) is 0.938. The second-order valence-corrected chi connectivity index (χ2v) is 7.62. The van der Waals surface area contributed by atoms with E-state index in [1.54, 1.807) is 0 Å². The molecule has 0 aromatic rings. The molecule has 1 rings (SSSR count). The Morgan fingerprint density at radius 3 is 2.20 bits per heavy atom. The fourth-order valence-corrected chi connectivity index (χ4v) is 3.26. The van der Waals surface area contributed by atoms with E-state index in [4.69, 9.17) is 5.73 Å². The number of hydrogen-bond donors (Lipinski definition) is 2. The molecule has 1 aliphatic carbocycles. The third-order valence-corrected chi connectivity index (χ3v) is 4.70. The molecule has 0 saturated heterocycles. The number of carbonyl (C=O) groups is 1. The Hall–Kier alpha value is -0.610. The van der Waals surface area contributed by atoms with Gasteiger partial charge in [0.25, 0.3) is 0 Å². The van der Waals surface area contributed by atoms with Crippen LogP contribution in [0.15, 0.2) is 0 Å². The Kier molecular flexibility index (Phi) is 6.46. The molecule has 4 heteroatoms. The average Bonchev–Trinajstić information content (AvgIpc) is 2.33. The van der Waals surface area contributed by atoms with Crippen LogP contribution in [0.3, 0.4) is 0 Å². The summed E-state index contributed by atoms with van der Waals surface area (Å²) in [6.45, 7) is 8.71. The molecule has 118 valence electrons. The van der Waals surface area contributed by atoms with E-state index in [0.29, 0.717) is 11.3 Å². The predicted octanol–water partition coefficient (Wildman–Crippen LogP) is 1.84. The summed E-state index contributed by atoms with van der Waals surface area (Å²) in [6, 6.07) is -0.157. The average molecular weight is 283 g/mol. The molecule has 1 fully saturated rings. The molecule has 20 heavy (non-hydrogen) atoms. The third-order valence-electron chi connectivity index (χ3n) is 4.70. The van der Waals surface area contributed by atoms with Gasteiger partial charge in [0, 0.05) is 13.1 Å². The zero-order valence-corrected chi connectivity index (χ0v) is 13.9. The Bertz CT molecular complexity index is 301. The highest BCUT2D eigenvalue weighted by Crippen LogP contribution is 2.40. The Morgan fingerprint density at radius 2 is 1.80 bits per heavy atom. The molecule has 1 aliphatic rings. The molecule has 0 aromatic heterocycles. The monoisotopic (exact) mass is 283 g/mol. The number of nitrogens with zero attached hydrogens (tertiary/aromatic N) is 1. The highest BCUT2D eigenvalue weighted by molar-refractivity contribution is 5.80. The molecule has 0 aromatic carbocycles. The summed E-state index contributed by atoms with van der Waals surface area (Å²) in [7, 11) is 4.07. The minimum absolute atomic E-state index is 0.157. The molecule has 0 heterocycles. The van der Waals surface area contributed by atoms with Crippen molar-refractivity contribution in [2.45, 2.75) is 52.5 Å². The van der Waals surface area contributed by atoms with Gasteiger partial charge in [-0.05, 0) is 57.0 Å². The summed E-state index contributed by atoms with van der Waals surface area (Å²) in [6.07, 6.45) is 4.66. The molecule has 0 aliphatic heterocycles. The topological polar surface area (TPSA) is 58.4 Å². The van der Waals surface area contributed by atoms with Crippen molar-refractivity contribution in [1.82, 2.24) is 10.2 Å². The van der Waals surface area contributed by atoms with Crippen molar-refractivity contribution in [3.05, 3.63) is 0 Å². The van der Waals surface area contributed by atoms with Crippen molar-refractivity contribution in [1.29, 1.82) is 0 Å². The van der Waals surface area contributed by atoms with Crippen molar-refractivity contribution >= 4 is 5.91 Å². The summed E-state index contributed by atoms with van der Waals surface area (Å²) in [5.74, 6) is 0.991. The van der Waals surface area contributed by atoms with Gasteiger partial charge in [0.05, 0.1) is 6.04 Å². The summed E-state index contributed by atoms with van der Waals surface area (Å²) < 4.78 is 0. The summed E-state index contributed by atoms with van der Waals surface area (Å²) in [5, 5.41) is 3.36. The van der Waals surface area contributed by atoms with E-state index in [1.807, 2.05) is 14.1 Å². The number of nitrogens with two attached hydrogens (primary N) is 1. The number of carbonyl (C=O) groups excluding carboxylic acids is 1. The molecule has 0 bridgehead atoms. The van der Waals surface area contributed by atoms with Crippen LogP contribution < -0.4 is 11.1 Å². The van der Waals surface area contributed by atoms with Crippen LogP contribution in [0.4, 0.5) is 0 Å². The third kappa shape index (κ3) is 5.41. The van der Waals surface area contributed by atoms with Gasteiger partial charge in [-0.15, -0.1) is 0 Å². The lowest BCUT2D eigenvalue weighted by Crippen LogP contribution is -2.49. The van der Waals surface area contributed by atoms with E-state index < -0.39 is 0 Å². The summed E-state index contributed by atoms with van der Waals surface area (Å²) in [5.41, 5.74) is 5.97. The van der Waals surface area contributed by atoms with Crippen LogP contribution in [0.2, 0.25) is 0 Å². The Morgan fingerprint density at radius 1 is 1.25 bits per heavy atom. The molecular formula is C16H33N3O. The molecule has 0 radical (unpaired) electrons. The first-order chi connectivity index (χ1) is 9.21. The number of rotatable bonds is 6. The highest BCUT2D eigenvalue weighted by atomic mass is 16.1. The standard InChI is InChI=1S/C16H33N3O/c1-16(2,3)13-8-6-12(7-9-13)14(15(17)20)18-10-11-19(4)5/h12-14,18H,6-11H2,1-5H3,(H2,17,20). The van der Waals surface area contributed by atoms with Crippen LogP contribution in [0.5, 0.6) is 0 Å². The van der Waals surface area contributed by atoms with Gasteiger partial charge in [-0.3, -0.25) is 4.79 Å². The zero-order valence-electron chi connectivity index (χ0n) is 13.9. The second kappa shape index (κ2) is 7.41. The van der Waals surface area contributed by atoms with Gasteiger partial charge in [-0.25, -0.2) is 0 Å². The van der Waals surface area contributed by atoms with Gasteiger partial charge in [0.15, 0.2) is 0 Å². The predicted molar refractivity (Wildman–Crippen MR) is 84.4 cm³/mol. The molecule has 1 unspecified atom stereocenters. The fourth-order valence-electron chi connectivity index (χ4n) is 3.26. The molecule has 1 saturated carbocycles. The van der Waals surface area contributed by atoms with Crippen LogP contribution in [0, 0.1) is 17.3 Å². The van der Waals surface area contributed by atoms with Crippen LogP contribution in [-0.2, 0) is 4.79 Å². The first kappa shape index (κ1) is 17.4. The highest BCUT2D eigenvalue weighted by Gasteiger charge is 2.34. The molecule has 3 N–H and O–H groups in total. The summed E-state index contributed by atoms with van der Waals surface area (Å²) >= 11 is 0. The number of hydrogen-bond acceptors (Lipinski definition) is 3. The smallest absolute Gasteiger partial charge is 0.234 e. The van der Waals surface area contributed by atoms with Crippen LogP contribution >= 0.6 is 0 Å². The molecule has 4 nitrogen and oxygen atoms in total. The largest absolute Gasteiger partial charge is 0.368 e. The minimum atomic E-state index is -0.192. The first-order valence-corrected chi connectivity index (χ1v) is 7.89. The van der Waals surface area contributed by atoms with Crippen molar-refractivity contribution in [3.63, 3.8) is 0 Å². The lowest BCUT2D eigenvalue weighted by Gasteiger charge is -2.39. The SMILES string of the molecule is CN(C)CCNC(C(N)=O)C1CCC(C(C)(C)C)CC1. The van der Waals surface area contributed by atoms with Gasteiger partial charge >= 0.3 is 0 Å². The van der Waals surface area contributed by atoms with Gasteiger partial charge in [0.1, 0.15) is 0 Å². The molecular weight excluding hydrogens is 250 g/mol. The maximum Gasteiger partial charge on any atom is 0.234 e. The normalized spacial score (nSPS) is 25.7. The number of amides is 1. The second-order valence-electron chi connectivity index (χ2n) is 7.62. The van der Waals surface area contributed by atoms with Crippen molar-refractivity contribution in [2.75, 3.05) is 27.2 Å². The minimum Gasteiger partial charge on any atom is -0.368 e. The molecule has 1 atom stereocenters.